The first-order chi connectivity index (χ1) is 8.66. The van der Waals surface area contributed by atoms with Gasteiger partial charge >= 0.3 is 0 Å². The average Bonchev–Trinajstić information content (AvgIpc) is 2.85. The summed E-state index contributed by atoms with van der Waals surface area (Å²) in [6.07, 6.45) is 6.92. The molecule has 0 saturated heterocycles. The van der Waals surface area contributed by atoms with Gasteiger partial charge in [-0.3, -0.25) is 0 Å². The standard InChI is InChI=1S/C16H25NO/c1-12-7-8-16(18)15(11-12)13(2)17-10-9-14-5-3-4-6-14/h7-8,11,13-14,17-18H,3-6,9-10H2,1-2H3. The van der Waals surface area contributed by atoms with Crippen molar-refractivity contribution in [2.75, 3.05) is 6.54 Å². The van der Waals surface area contributed by atoms with Crippen LogP contribution in [0, 0.1) is 12.8 Å². The fraction of sp³-hybridized carbons (Fsp3) is 0.625. The van der Waals surface area contributed by atoms with E-state index >= 15 is 0 Å². The highest BCUT2D eigenvalue weighted by Gasteiger charge is 2.15. The van der Waals surface area contributed by atoms with Crippen LogP contribution in [0.15, 0.2) is 18.2 Å². The third kappa shape index (κ3) is 3.49. The molecular formula is C16H25NO. The van der Waals surface area contributed by atoms with Gasteiger partial charge in [0.15, 0.2) is 0 Å². The molecule has 2 N–H and O–H groups in total. The molecule has 2 heteroatoms. The monoisotopic (exact) mass is 247 g/mol. The van der Waals surface area contributed by atoms with Gasteiger partial charge in [-0.15, -0.1) is 0 Å². The van der Waals surface area contributed by atoms with Gasteiger partial charge in [0.25, 0.3) is 0 Å². The second kappa shape index (κ2) is 6.24. The number of phenols is 1. The van der Waals surface area contributed by atoms with Gasteiger partial charge in [-0.05, 0) is 38.8 Å². The van der Waals surface area contributed by atoms with Crippen LogP contribution in [-0.4, -0.2) is 11.7 Å². The van der Waals surface area contributed by atoms with Gasteiger partial charge in [-0.1, -0.05) is 43.4 Å². The maximum atomic E-state index is 9.88. The van der Waals surface area contributed by atoms with Crippen LogP contribution in [-0.2, 0) is 0 Å². The Morgan fingerprint density at radius 3 is 2.78 bits per heavy atom. The molecule has 1 aromatic carbocycles. The molecule has 2 rings (SSSR count). The van der Waals surface area contributed by atoms with E-state index in [1.165, 1.54) is 37.7 Å². The molecule has 0 spiro atoms. The third-order valence-corrected chi connectivity index (χ3v) is 4.13. The van der Waals surface area contributed by atoms with E-state index in [0.29, 0.717) is 5.75 Å². The summed E-state index contributed by atoms with van der Waals surface area (Å²) in [5.74, 6) is 1.33. The average molecular weight is 247 g/mol. The van der Waals surface area contributed by atoms with Crippen LogP contribution in [0.4, 0.5) is 0 Å². The van der Waals surface area contributed by atoms with Crippen molar-refractivity contribution in [3.63, 3.8) is 0 Å². The SMILES string of the molecule is Cc1ccc(O)c(C(C)NCCC2CCCC2)c1. The van der Waals surface area contributed by atoms with E-state index in [-0.39, 0.29) is 6.04 Å². The van der Waals surface area contributed by atoms with Gasteiger partial charge in [-0.25, -0.2) is 0 Å². The molecule has 2 nitrogen and oxygen atoms in total. The van der Waals surface area contributed by atoms with Crippen molar-refractivity contribution in [2.45, 2.75) is 52.0 Å². The zero-order valence-electron chi connectivity index (χ0n) is 11.6. The van der Waals surface area contributed by atoms with Crippen LogP contribution in [0.5, 0.6) is 5.75 Å². The van der Waals surface area contributed by atoms with Crippen molar-refractivity contribution in [3.8, 4) is 5.75 Å². The Kier molecular flexibility index (Phi) is 4.65. The lowest BCUT2D eigenvalue weighted by Crippen LogP contribution is -2.21. The lowest BCUT2D eigenvalue weighted by atomic mass is 10.0. The number of phenolic OH excluding ortho intramolecular Hbond substituents is 1. The van der Waals surface area contributed by atoms with Crippen molar-refractivity contribution in [1.82, 2.24) is 5.32 Å². The Bertz CT molecular complexity index is 383. The molecule has 100 valence electrons. The number of aromatic hydroxyl groups is 1. The zero-order valence-corrected chi connectivity index (χ0v) is 11.6. The Balaban J connectivity index is 1.83. The van der Waals surface area contributed by atoms with Crippen molar-refractivity contribution in [2.24, 2.45) is 5.92 Å². The van der Waals surface area contributed by atoms with Crippen LogP contribution in [0.1, 0.15) is 56.2 Å². The number of nitrogens with one attached hydrogen (secondary N) is 1. The molecule has 0 amide bonds. The number of rotatable bonds is 5. The van der Waals surface area contributed by atoms with E-state index in [1.807, 2.05) is 6.07 Å². The van der Waals surface area contributed by atoms with Crippen LogP contribution >= 0.6 is 0 Å². The van der Waals surface area contributed by atoms with E-state index < -0.39 is 0 Å². The molecular weight excluding hydrogens is 222 g/mol. The Hall–Kier alpha value is -1.02. The van der Waals surface area contributed by atoms with Gasteiger partial charge < -0.3 is 10.4 Å². The summed E-state index contributed by atoms with van der Waals surface area (Å²) in [5, 5.41) is 13.4. The minimum Gasteiger partial charge on any atom is -0.508 e. The summed E-state index contributed by atoms with van der Waals surface area (Å²) in [6.45, 7) is 5.25. The van der Waals surface area contributed by atoms with Crippen LogP contribution < -0.4 is 5.32 Å². The van der Waals surface area contributed by atoms with Crippen LogP contribution in [0.3, 0.4) is 0 Å². The largest absolute Gasteiger partial charge is 0.508 e. The molecule has 18 heavy (non-hydrogen) atoms. The highest BCUT2D eigenvalue weighted by molar-refractivity contribution is 5.37. The second-order valence-electron chi connectivity index (χ2n) is 5.68. The molecule has 0 aliphatic heterocycles. The molecule has 1 aromatic rings. The molecule has 0 radical (unpaired) electrons. The normalized spacial score (nSPS) is 18.1. The second-order valence-corrected chi connectivity index (χ2v) is 5.68. The predicted octanol–water partition coefficient (Wildman–Crippen LogP) is 3.93. The molecule has 1 saturated carbocycles. The summed E-state index contributed by atoms with van der Waals surface area (Å²) < 4.78 is 0. The fourth-order valence-electron chi connectivity index (χ4n) is 2.93. The molecule has 1 aliphatic rings. The quantitative estimate of drug-likeness (QED) is 0.826. The van der Waals surface area contributed by atoms with E-state index in [1.54, 1.807) is 6.07 Å². The van der Waals surface area contributed by atoms with Crippen molar-refractivity contribution in [3.05, 3.63) is 29.3 Å². The van der Waals surface area contributed by atoms with Gasteiger partial charge in [0.05, 0.1) is 0 Å². The van der Waals surface area contributed by atoms with E-state index in [9.17, 15) is 5.11 Å². The summed E-state index contributed by atoms with van der Waals surface area (Å²) >= 11 is 0. The Labute approximate surface area is 110 Å². The van der Waals surface area contributed by atoms with Gasteiger partial charge in [0, 0.05) is 11.6 Å². The van der Waals surface area contributed by atoms with Crippen LogP contribution in [0.25, 0.3) is 0 Å². The highest BCUT2D eigenvalue weighted by atomic mass is 16.3. The summed E-state index contributed by atoms with van der Waals surface area (Å²) in [5.41, 5.74) is 2.22. The first kappa shape index (κ1) is 13.4. The molecule has 0 heterocycles. The fourth-order valence-corrected chi connectivity index (χ4v) is 2.93. The smallest absolute Gasteiger partial charge is 0.120 e. The first-order valence-electron chi connectivity index (χ1n) is 7.19. The summed E-state index contributed by atoms with van der Waals surface area (Å²) in [6, 6.07) is 6.04. The molecule has 1 atom stereocenters. The van der Waals surface area contributed by atoms with Gasteiger partial charge in [0.2, 0.25) is 0 Å². The maximum absolute atomic E-state index is 9.88. The first-order valence-corrected chi connectivity index (χ1v) is 7.19. The molecule has 1 aliphatic carbocycles. The van der Waals surface area contributed by atoms with E-state index in [0.717, 1.165) is 18.0 Å². The number of hydrogen-bond acceptors (Lipinski definition) is 2. The zero-order chi connectivity index (χ0) is 13.0. The summed E-state index contributed by atoms with van der Waals surface area (Å²) in [4.78, 5) is 0. The molecule has 1 fully saturated rings. The lowest BCUT2D eigenvalue weighted by molar-refractivity contribution is 0.433. The van der Waals surface area contributed by atoms with Crippen molar-refractivity contribution in [1.29, 1.82) is 0 Å². The third-order valence-electron chi connectivity index (χ3n) is 4.13. The Morgan fingerprint density at radius 1 is 1.33 bits per heavy atom. The topological polar surface area (TPSA) is 32.3 Å². The lowest BCUT2D eigenvalue weighted by Gasteiger charge is -2.17. The van der Waals surface area contributed by atoms with Crippen LogP contribution in [0.2, 0.25) is 0 Å². The van der Waals surface area contributed by atoms with Gasteiger partial charge in [-0.2, -0.15) is 0 Å². The molecule has 1 unspecified atom stereocenters. The minimum absolute atomic E-state index is 0.228. The van der Waals surface area contributed by atoms with Crippen molar-refractivity contribution < 1.29 is 5.11 Å². The number of hydrogen-bond donors (Lipinski definition) is 2. The predicted molar refractivity (Wildman–Crippen MR) is 75.8 cm³/mol. The van der Waals surface area contributed by atoms with E-state index in [4.69, 9.17) is 0 Å². The van der Waals surface area contributed by atoms with Crippen molar-refractivity contribution >= 4 is 0 Å². The van der Waals surface area contributed by atoms with Gasteiger partial charge in [0.1, 0.15) is 5.75 Å². The Morgan fingerprint density at radius 2 is 2.06 bits per heavy atom. The number of aryl methyl sites for hydroxylation is 1. The molecule has 0 bridgehead atoms. The minimum atomic E-state index is 0.228. The highest BCUT2D eigenvalue weighted by Crippen LogP contribution is 2.28. The maximum Gasteiger partial charge on any atom is 0.120 e. The van der Waals surface area contributed by atoms with E-state index in [2.05, 4.69) is 25.2 Å². The number of benzene rings is 1. The molecule has 0 aromatic heterocycles. The summed E-state index contributed by atoms with van der Waals surface area (Å²) in [7, 11) is 0.